The van der Waals surface area contributed by atoms with Crippen LogP contribution < -0.4 is 5.32 Å². The van der Waals surface area contributed by atoms with Gasteiger partial charge in [0.25, 0.3) is 0 Å². The molecule has 0 saturated heterocycles. The molecule has 0 aromatic rings. The summed E-state index contributed by atoms with van der Waals surface area (Å²) in [7, 11) is 0. The zero-order chi connectivity index (χ0) is 7.82. The van der Waals surface area contributed by atoms with Crippen molar-refractivity contribution in [1.29, 1.82) is 0 Å². The summed E-state index contributed by atoms with van der Waals surface area (Å²) in [5.41, 5.74) is 0. The van der Waals surface area contributed by atoms with Crippen LogP contribution in [-0.2, 0) is 4.79 Å². The van der Waals surface area contributed by atoms with Gasteiger partial charge in [0.1, 0.15) is 0 Å². The summed E-state index contributed by atoms with van der Waals surface area (Å²) in [6.07, 6.45) is 3.45. The number of unbranched alkanes of at least 4 members (excludes halogenated alkanes) is 2. The Morgan fingerprint density at radius 3 is 2.70 bits per heavy atom. The third-order valence-electron chi connectivity index (χ3n) is 1.27. The van der Waals surface area contributed by atoms with Crippen LogP contribution in [-0.4, -0.2) is 12.7 Å². The molecule has 2 nitrogen and oxygen atoms in total. The molecule has 0 radical (unpaired) electrons. The zero-order valence-electron chi connectivity index (χ0n) is 6.32. The second-order valence-electron chi connectivity index (χ2n) is 2.19. The maximum absolute atomic E-state index is 11.4. The van der Waals surface area contributed by atoms with E-state index in [1.807, 2.05) is 0 Å². The number of rotatable bonds is 5. The molecule has 0 saturated carbocycles. The molecule has 0 aromatic carbocycles. The second kappa shape index (κ2) is 6.52. The van der Waals surface area contributed by atoms with Crippen LogP contribution in [0.25, 0.3) is 0 Å². The lowest BCUT2D eigenvalue weighted by atomic mass is 10.2. The monoisotopic (exact) mass is 147 g/mol. The number of hydrogen-bond donors (Lipinski definition) is 1. The van der Waals surface area contributed by atoms with Gasteiger partial charge < -0.3 is 5.32 Å². The fourth-order valence-electron chi connectivity index (χ4n) is 0.698. The van der Waals surface area contributed by atoms with Crippen molar-refractivity contribution in [2.45, 2.75) is 32.6 Å². The Hall–Kier alpha value is -0.600. The number of carbonyl (C=O) groups is 1. The van der Waals surface area contributed by atoms with Gasteiger partial charge in [-0.25, -0.2) is 4.39 Å². The van der Waals surface area contributed by atoms with Crippen LogP contribution in [0.5, 0.6) is 0 Å². The van der Waals surface area contributed by atoms with Crippen LogP contribution in [0, 0.1) is 0 Å². The van der Waals surface area contributed by atoms with E-state index in [9.17, 15) is 9.18 Å². The molecule has 0 rings (SSSR count). The molecular formula is C7H14FNO. The average molecular weight is 147 g/mol. The summed E-state index contributed by atoms with van der Waals surface area (Å²) >= 11 is 0. The van der Waals surface area contributed by atoms with Gasteiger partial charge in [0.15, 0.2) is 6.80 Å². The molecule has 10 heavy (non-hydrogen) atoms. The molecule has 0 aliphatic carbocycles. The Balaban J connectivity index is 3.05. The maximum Gasteiger partial charge on any atom is 0.221 e. The third kappa shape index (κ3) is 5.54. The summed E-state index contributed by atoms with van der Waals surface area (Å²) in [6, 6.07) is 0. The number of hydrogen-bond acceptors (Lipinski definition) is 1. The van der Waals surface area contributed by atoms with Crippen molar-refractivity contribution in [2.75, 3.05) is 6.80 Å². The predicted octanol–water partition coefficient (Wildman–Crippen LogP) is 1.61. The lowest BCUT2D eigenvalue weighted by molar-refractivity contribution is -0.121. The van der Waals surface area contributed by atoms with E-state index in [4.69, 9.17) is 0 Å². The standard InChI is InChI=1S/C7H14FNO/c1-2-3-4-5-7(10)9-6-8/h2-6H2,1H3,(H,9,10). The molecule has 0 heterocycles. The van der Waals surface area contributed by atoms with Crippen LogP contribution in [0.2, 0.25) is 0 Å². The van der Waals surface area contributed by atoms with Crippen molar-refractivity contribution in [3.05, 3.63) is 0 Å². The fraction of sp³-hybridized carbons (Fsp3) is 0.857. The molecule has 0 bridgehead atoms. The summed E-state index contributed by atoms with van der Waals surface area (Å²) in [5, 5.41) is 2.10. The van der Waals surface area contributed by atoms with E-state index in [-0.39, 0.29) is 5.91 Å². The first-order valence-electron chi connectivity index (χ1n) is 3.64. The van der Waals surface area contributed by atoms with Crippen molar-refractivity contribution in [1.82, 2.24) is 5.32 Å². The van der Waals surface area contributed by atoms with Gasteiger partial charge in [0.05, 0.1) is 0 Å². The highest BCUT2D eigenvalue weighted by Crippen LogP contribution is 1.97. The van der Waals surface area contributed by atoms with Crippen molar-refractivity contribution in [3.63, 3.8) is 0 Å². The summed E-state index contributed by atoms with van der Waals surface area (Å²) in [4.78, 5) is 10.6. The molecule has 1 amide bonds. The first-order valence-corrected chi connectivity index (χ1v) is 3.64. The molecule has 0 spiro atoms. The minimum atomic E-state index is -0.745. The molecule has 0 aliphatic heterocycles. The summed E-state index contributed by atoms with van der Waals surface area (Å²) in [5.74, 6) is -0.184. The molecular weight excluding hydrogens is 133 g/mol. The largest absolute Gasteiger partial charge is 0.329 e. The van der Waals surface area contributed by atoms with Gasteiger partial charge in [0.2, 0.25) is 5.91 Å². The first-order chi connectivity index (χ1) is 4.81. The van der Waals surface area contributed by atoms with Gasteiger partial charge in [-0.2, -0.15) is 0 Å². The van der Waals surface area contributed by atoms with E-state index in [0.717, 1.165) is 19.3 Å². The lowest BCUT2D eigenvalue weighted by Gasteiger charge is -1.98. The van der Waals surface area contributed by atoms with E-state index in [1.54, 1.807) is 0 Å². The second-order valence-corrected chi connectivity index (χ2v) is 2.19. The fourth-order valence-corrected chi connectivity index (χ4v) is 0.698. The minimum Gasteiger partial charge on any atom is -0.329 e. The SMILES string of the molecule is CCCCCC(=O)NCF. The van der Waals surface area contributed by atoms with Crippen molar-refractivity contribution >= 4 is 5.91 Å². The Kier molecular flexibility index (Phi) is 6.13. The highest BCUT2D eigenvalue weighted by molar-refractivity contribution is 5.75. The van der Waals surface area contributed by atoms with Crippen molar-refractivity contribution in [3.8, 4) is 0 Å². The number of halogens is 1. The number of nitrogens with one attached hydrogen (secondary N) is 1. The number of amides is 1. The normalized spacial score (nSPS) is 9.40. The highest BCUT2D eigenvalue weighted by atomic mass is 19.1. The Morgan fingerprint density at radius 2 is 2.20 bits per heavy atom. The molecule has 0 unspecified atom stereocenters. The van der Waals surface area contributed by atoms with Crippen LogP contribution in [0.1, 0.15) is 32.6 Å². The lowest BCUT2D eigenvalue weighted by Crippen LogP contribution is -2.21. The van der Waals surface area contributed by atoms with Crippen LogP contribution in [0.3, 0.4) is 0 Å². The number of carbonyl (C=O) groups excluding carboxylic acids is 1. The molecule has 0 aliphatic rings. The van der Waals surface area contributed by atoms with Gasteiger partial charge in [-0.1, -0.05) is 19.8 Å². The van der Waals surface area contributed by atoms with Crippen molar-refractivity contribution in [2.24, 2.45) is 0 Å². The van der Waals surface area contributed by atoms with Gasteiger partial charge in [-0.15, -0.1) is 0 Å². The van der Waals surface area contributed by atoms with Gasteiger partial charge in [-0.05, 0) is 6.42 Å². The van der Waals surface area contributed by atoms with Gasteiger partial charge in [-0.3, -0.25) is 4.79 Å². The zero-order valence-corrected chi connectivity index (χ0v) is 6.32. The van der Waals surface area contributed by atoms with Gasteiger partial charge >= 0.3 is 0 Å². The molecule has 1 N–H and O–H groups in total. The molecule has 0 fully saturated rings. The van der Waals surface area contributed by atoms with E-state index >= 15 is 0 Å². The summed E-state index contributed by atoms with van der Waals surface area (Å²) < 4.78 is 11.4. The summed E-state index contributed by atoms with van der Waals surface area (Å²) in [6.45, 7) is 1.32. The van der Waals surface area contributed by atoms with E-state index in [1.165, 1.54) is 0 Å². The van der Waals surface area contributed by atoms with Crippen LogP contribution >= 0.6 is 0 Å². The van der Waals surface area contributed by atoms with Crippen LogP contribution in [0.4, 0.5) is 4.39 Å². The number of alkyl halides is 1. The average Bonchev–Trinajstić information content (AvgIpc) is 1.89. The Morgan fingerprint density at radius 1 is 1.50 bits per heavy atom. The van der Waals surface area contributed by atoms with E-state index in [2.05, 4.69) is 12.2 Å². The highest BCUT2D eigenvalue weighted by Gasteiger charge is 1.97. The quantitative estimate of drug-likeness (QED) is 0.464. The smallest absolute Gasteiger partial charge is 0.221 e. The molecule has 3 heteroatoms. The van der Waals surface area contributed by atoms with Crippen LogP contribution in [0.15, 0.2) is 0 Å². The minimum absolute atomic E-state index is 0.184. The van der Waals surface area contributed by atoms with E-state index < -0.39 is 6.80 Å². The molecule has 0 aromatic heterocycles. The Bertz CT molecular complexity index is 95.6. The Labute approximate surface area is 60.8 Å². The van der Waals surface area contributed by atoms with E-state index in [0.29, 0.717) is 6.42 Å². The molecule has 0 atom stereocenters. The molecule has 60 valence electrons. The van der Waals surface area contributed by atoms with Gasteiger partial charge in [0, 0.05) is 6.42 Å². The van der Waals surface area contributed by atoms with Crippen molar-refractivity contribution < 1.29 is 9.18 Å². The predicted molar refractivity (Wildman–Crippen MR) is 38.3 cm³/mol. The maximum atomic E-state index is 11.4. The first kappa shape index (κ1) is 9.40. The third-order valence-corrected chi connectivity index (χ3v) is 1.27. The topological polar surface area (TPSA) is 29.1 Å².